The van der Waals surface area contributed by atoms with E-state index in [1.54, 1.807) is 12.1 Å². The molecule has 0 spiro atoms. The number of rotatable bonds is 7. The van der Waals surface area contributed by atoms with Gasteiger partial charge in [-0.05, 0) is 41.8 Å². The summed E-state index contributed by atoms with van der Waals surface area (Å²) in [6, 6.07) is 20.7. The Kier molecular flexibility index (Phi) is 6.80. The van der Waals surface area contributed by atoms with Gasteiger partial charge in [-0.3, -0.25) is 9.59 Å². The summed E-state index contributed by atoms with van der Waals surface area (Å²) in [6.45, 7) is 3.33. The Morgan fingerprint density at radius 1 is 0.933 bits per heavy atom. The van der Waals surface area contributed by atoms with Crippen molar-refractivity contribution in [3.63, 3.8) is 0 Å². The first-order valence-corrected chi connectivity index (χ1v) is 9.77. The van der Waals surface area contributed by atoms with Gasteiger partial charge in [-0.2, -0.15) is 0 Å². The summed E-state index contributed by atoms with van der Waals surface area (Å²) < 4.78 is 5.37. The number of amides is 2. The number of fused-ring (bicyclic) bond motifs is 1. The molecule has 0 aliphatic heterocycles. The van der Waals surface area contributed by atoms with Crippen LogP contribution in [-0.2, 0) is 20.7 Å². The smallest absolute Gasteiger partial charge is 0.341 e. The predicted octanol–water partition coefficient (Wildman–Crippen LogP) is 3.70. The van der Waals surface area contributed by atoms with E-state index >= 15 is 0 Å². The summed E-state index contributed by atoms with van der Waals surface area (Å²) in [5.74, 6) is -1.35. The highest BCUT2D eigenvalue weighted by Crippen LogP contribution is 2.25. The molecule has 6 heteroatoms. The lowest BCUT2D eigenvalue weighted by molar-refractivity contribution is -0.129. The van der Waals surface area contributed by atoms with Crippen LogP contribution in [0.3, 0.4) is 0 Å². The Bertz CT molecular complexity index is 1060. The van der Waals surface area contributed by atoms with E-state index in [4.69, 9.17) is 4.74 Å². The van der Waals surface area contributed by atoms with Crippen LogP contribution in [0.1, 0.15) is 29.8 Å². The lowest BCUT2D eigenvalue weighted by Gasteiger charge is -2.16. The number of benzene rings is 3. The van der Waals surface area contributed by atoms with Gasteiger partial charge < -0.3 is 15.4 Å². The van der Waals surface area contributed by atoms with Crippen LogP contribution in [0.4, 0.5) is 5.69 Å². The molecule has 154 valence electrons. The van der Waals surface area contributed by atoms with Gasteiger partial charge in [0.1, 0.15) is 0 Å². The minimum Gasteiger partial charge on any atom is -0.449 e. The molecule has 0 aliphatic rings. The summed E-state index contributed by atoms with van der Waals surface area (Å²) >= 11 is 0. The van der Waals surface area contributed by atoms with Gasteiger partial charge in [-0.25, -0.2) is 4.79 Å². The van der Waals surface area contributed by atoms with Crippen molar-refractivity contribution in [2.24, 2.45) is 0 Å². The molecule has 2 amide bonds. The highest BCUT2D eigenvalue weighted by atomic mass is 16.5. The molecule has 0 radical (unpaired) electrons. The first kappa shape index (κ1) is 21.0. The predicted molar refractivity (Wildman–Crippen MR) is 116 cm³/mol. The highest BCUT2D eigenvalue weighted by molar-refractivity contribution is 6.06. The summed E-state index contributed by atoms with van der Waals surface area (Å²) in [4.78, 5) is 36.6. The molecule has 0 fully saturated rings. The number of carbonyl (C=O) groups excluding carboxylic acids is 3. The number of anilines is 1. The van der Waals surface area contributed by atoms with E-state index in [1.165, 1.54) is 13.8 Å². The van der Waals surface area contributed by atoms with Gasteiger partial charge in [-0.1, -0.05) is 54.6 Å². The SMILES string of the molecule is CC(=O)Nc1cc2ccccc2cc1C(=O)OC(C)C(=O)NCCc1ccccc1. The molecule has 0 aromatic heterocycles. The van der Waals surface area contributed by atoms with Crippen molar-refractivity contribution in [1.29, 1.82) is 0 Å². The molecule has 0 saturated heterocycles. The largest absolute Gasteiger partial charge is 0.449 e. The maximum absolute atomic E-state index is 12.7. The maximum atomic E-state index is 12.7. The summed E-state index contributed by atoms with van der Waals surface area (Å²) in [6.07, 6.45) is -0.283. The van der Waals surface area contributed by atoms with E-state index in [0.717, 1.165) is 16.3 Å². The molecule has 3 aromatic rings. The zero-order valence-electron chi connectivity index (χ0n) is 17.0. The third kappa shape index (κ3) is 5.44. The molecule has 30 heavy (non-hydrogen) atoms. The van der Waals surface area contributed by atoms with Crippen molar-refractivity contribution in [3.8, 4) is 0 Å². The first-order valence-electron chi connectivity index (χ1n) is 9.77. The average molecular weight is 404 g/mol. The number of carbonyl (C=O) groups is 3. The lowest BCUT2D eigenvalue weighted by Crippen LogP contribution is -2.37. The van der Waals surface area contributed by atoms with Crippen LogP contribution in [0.2, 0.25) is 0 Å². The first-order chi connectivity index (χ1) is 14.4. The molecule has 3 aromatic carbocycles. The normalized spacial score (nSPS) is 11.5. The van der Waals surface area contributed by atoms with Crippen LogP contribution < -0.4 is 10.6 Å². The topological polar surface area (TPSA) is 84.5 Å². The molecule has 0 heterocycles. The number of hydrogen-bond donors (Lipinski definition) is 2. The molecule has 0 aliphatic carbocycles. The Labute approximate surface area is 175 Å². The number of ether oxygens (including phenoxy) is 1. The van der Waals surface area contributed by atoms with Gasteiger partial charge >= 0.3 is 5.97 Å². The van der Waals surface area contributed by atoms with Crippen LogP contribution in [0.15, 0.2) is 66.7 Å². The molecular weight excluding hydrogens is 380 g/mol. The minimum absolute atomic E-state index is 0.202. The van der Waals surface area contributed by atoms with E-state index < -0.39 is 12.1 Å². The second-order valence-electron chi connectivity index (χ2n) is 7.00. The molecular formula is C24H24N2O4. The van der Waals surface area contributed by atoms with Crippen molar-refractivity contribution >= 4 is 34.2 Å². The molecule has 0 bridgehead atoms. The second-order valence-corrected chi connectivity index (χ2v) is 7.00. The average Bonchev–Trinajstić information content (AvgIpc) is 2.73. The van der Waals surface area contributed by atoms with Crippen LogP contribution in [0.5, 0.6) is 0 Å². The van der Waals surface area contributed by atoms with Crippen LogP contribution in [-0.4, -0.2) is 30.4 Å². The summed E-state index contributed by atoms with van der Waals surface area (Å²) in [5, 5.41) is 7.15. The van der Waals surface area contributed by atoms with E-state index in [2.05, 4.69) is 10.6 Å². The quantitative estimate of drug-likeness (QED) is 0.588. The Hall–Kier alpha value is -3.67. The molecule has 3 rings (SSSR count). The van der Waals surface area contributed by atoms with Gasteiger partial charge in [-0.15, -0.1) is 0 Å². The van der Waals surface area contributed by atoms with Gasteiger partial charge in [0.2, 0.25) is 5.91 Å². The van der Waals surface area contributed by atoms with E-state index in [0.29, 0.717) is 18.7 Å². The molecule has 1 atom stereocenters. The van der Waals surface area contributed by atoms with E-state index in [9.17, 15) is 14.4 Å². The number of hydrogen-bond acceptors (Lipinski definition) is 4. The van der Waals surface area contributed by atoms with Gasteiger partial charge in [0.15, 0.2) is 6.10 Å². The fraction of sp³-hybridized carbons (Fsp3) is 0.208. The maximum Gasteiger partial charge on any atom is 0.341 e. The second kappa shape index (κ2) is 9.69. The van der Waals surface area contributed by atoms with Gasteiger partial charge in [0.25, 0.3) is 5.91 Å². The molecule has 6 nitrogen and oxygen atoms in total. The third-order valence-corrected chi connectivity index (χ3v) is 4.63. The van der Waals surface area contributed by atoms with Crippen molar-refractivity contribution in [3.05, 3.63) is 77.9 Å². The standard InChI is InChI=1S/C24H24N2O4/c1-16(23(28)25-13-12-18-8-4-3-5-9-18)30-24(29)21-14-19-10-6-7-11-20(19)15-22(21)26-17(2)27/h3-11,14-16H,12-13H2,1-2H3,(H,25,28)(H,26,27). The fourth-order valence-electron chi connectivity index (χ4n) is 3.10. The van der Waals surface area contributed by atoms with Crippen molar-refractivity contribution in [1.82, 2.24) is 5.32 Å². The molecule has 2 N–H and O–H groups in total. The van der Waals surface area contributed by atoms with Crippen molar-refractivity contribution < 1.29 is 19.1 Å². The summed E-state index contributed by atoms with van der Waals surface area (Å²) in [7, 11) is 0. The van der Waals surface area contributed by atoms with Crippen LogP contribution in [0, 0.1) is 0 Å². The monoisotopic (exact) mass is 404 g/mol. The van der Waals surface area contributed by atoms with Crippen molar-refractivity contribution in [2.75, 3.05) is 11.9 Å². The van der Waals surface area contributed by atoms with E-state index in [1.807, 2.05) is 54.6 Å². The minimum atomic E-state index is -0.968. The Morgan fingerprint density at radius 2 is 1.57 bits per heavy atom. The van der Waals surface area contributed by atoms with Gasteiger partial charge in [0, 0.05) is 13.5 Å². The number of nitrogens with one attached hydrogen (secondary N) is 2. The zero-order valence-corrected chi connectivity index (χ0v) is 17.0. The summed E-state index contributed by atoms with van der Waals surface area (Å²) in [5.41, 5.74) is 1.66. The zero-order chi connectivity index (χ0) is 21.5. The van der Waals surface area contributed by atoms with Gasteiger partial charge in [0.05, 0.1) is 11.3 Å². The van der Waals surface area contributed by atoms with E-state index in [-0.39, 0.29) is 17.4 Å². The Morgan fingerprint density at radius 3 is 2.23 bits per heavy atom. The lowest BCUT2D eigenvalue weighted by atomic mass is 10.0. The Balaban J connectivity index is 1.67. The fourth-order valence-corrected chi connectivity index (χ4v) is 3.10. The molecule has 1 unspecified atom stereocenters. The van der Waals surface area contributed by atoms with Crippen LogP contribution in [0.25, 0.3) is 10.8 Å². The highest BCUT2D eigenvalue weighted by Gasteiger charge is 2.21. The third-order valence-electron chi connectivity index (χ3n) is 4.63. The number of esters is 1. The molecule has 0 saturated carbocycles. The van der Waals surface area contributed by atoms with Crippen molar-refractivity contribution in [2.45, 2.75) is 26.4 Å². The van der Waals surface area contributed by atoms with Crippen LogP contribution >= 0.6 is 0 Å².